The third-order valence-corrected chi connectivity index (χ3v) is 3.23. The van der Waals surface area contributed by atoms with Gasteiger partial charge in [-0.25, -0.2) is 0 Å². The monoisotopic (exact) mass is 215 g/mol. The molecule has 0 N–H and O–H groups in total. The third kappa shape index (κ3) is 1.86. The lowest BCUT2D eigenvalue weighted by atomic mass is 10.3. The van der Waals surface area contributed by atoms with Crippen LogP contribution >= 0.6 is 22.9 Å². The van der Waals surface area contributed by atoms with E-state index in [1.54, 1.807) is 11.3 Å². The Morgan fingerprint density at radius 3 is 3.08 bits per heavy atom. The molecule has 0 aliphatic carbocycles. The van der Waals surface area contributed by atoms with E-state index in [0.29, 0.717) is 6.54 Å². The number of alkyl halides is 1. The minimum Gasteiger partial charge on any atom is -0.337 e. The quantitative estimate of drug-likeness (QED) is 0.658. The summed E-state index contributed by atoms with van der Waals surface area (Å²) >= 11 is 7.47. The zero-order valence-corrected chi connectivity index (χ0v) is 8.64. The molecule has 0 saturated carbocycles. The van der Waals surface area contributed by atoms with Crippen molar-refractivity contribution in [1.82, 2.24) is 4.90 Å². The van der Waals surface area contributed by atoms with Crippen molar-refractivity contribution in [2.24, 2.45) is 0 Å². The molecular weight excluding hydrogens is 206 g/mol. The molecule has 0 spiro atoms. The molecule has 2 nitrogen and oxygen atoms in total. The number of hydrogen-bond acceptors (Lipinski definition) is 2. The lowest BCUT2D eigenvalue weighted by Gasteiger charge is -2.13. The van der Waals surface area contributed by atoms with Crippen molar-refractivity contribution < 1.29 is 4.79 Å². The van der Waals surface area contributed by atoms with Gasteiger partial charge in [-0.15, -0.1) is 11.6 Å². The number of nitrogens with zero attached hydrogens (tertiary/aromatic N) is 1. The molecule has 0 bridgehead atoms. The minimum absolute atomic E-state index is 0.115. The fraction of sp³-hybridized carbons (Fsp3) is 0.444. The van der Waals surface area contributed by atoms with Crippen LogP contribution in [0.5, 0.6) is 0 Å². The molecule has 2 heterocycles. The summed E-state index contributed by atoms with van der Waals surface area (Å²) in [7, 11) is 0. The van der Waals surface area contributed by atoms with Crippen LogP contribution in [0.2, 0.25) is 0 Å². The van der Waals surface area contributed by atoms with Gasteiger partial charge in [0.2, 0.25) is 0 Å². The first-order valence-corrected chi connectivity index (χ1v) is 5.61. The highest BCUT2D eigenvalue weighted by Gasteiger charge is 2.25. The zero-order chi connectivity index (χ0) is 9.26. The molecule has 1 aliphatic heterocycles. The summed E-state index contributed by atoms with van der Waals surface area (Å²) < 4.78 is 0. The van der Waals surface area contributed by atoms with Gasteiger partial charge in [0.25, 0.3) is 5.91 Å². The number of carbonyl (C=O) groups is 1. The third-order valence-electron chi connectivity index (χ3n) is 2.19. The summed E-state index contributed by atoms with van der Waals surface area (Å²) in [6, 6.07) is 1.86. The number of carbonyl (C=O) groups excluding carboxylic acids is 1. The van der Waals surface area contributed by atoms with E-state index in [9.17, 15) is 4.79 Å². The van der Waals surface area contributed by atoms with Crippen molar-refractivity contribution >= 4 is 28.8 Å². The van der Waals surface area contributed by atoms with Crippen LogP contribution in [0.1, 0.15) is 16.8 Å². The Kier molecular flexibility index (Phi) is 2.56. The smallest absolute Gasteiger partial charge is 0.254 e. The summed E-state index contributed by atoms with van der Waals surface area (Å²) in [6.07, 6.45) is 0.914. The molecule has 0 radical (unpaired) electrons. The van der Waals surface area contributed by atoms with Crippen LogP contribution in [-0.4, -0.2) is 29.3 Å². The first kappa shape index (κ1) is 9.03. The van der Waals surface area contributed by atoms with Crippen LogP contribution in [-0.2, 0) is 0 Å². The standard InChI is InChI=1S/C9H10ClNOS/c10-8-1-3-11(5-8)9(12)7-2-4-13-6-7/h2,4,6,8H,1,3,5H2. The molecule has 1 aliphatic rings. The predicted octanol–water partition coefficient (Wildman–Crippen LogP) is 2.20. The van der Waals surface area contributed by atoms with Crippen molar-refractivity contribution in [2.75, 3.05) is 13.1 Å². The Balaban J connectivity index is 2.06. The SMILES string of the molecule is O=C(c1ccsc1)N1CCC(Cl)C1. The van der Waals surface area contributed by atoms with E-state index in [1.807, 2.05) is 21.7 Å². The van der Waals surface area contributed by atoms with E-state index < -0.39 is 0 Å². The van der Waals surface area contributed by atoms with Gasteiger partial charge in [0, 0.05) is 18.5 Å². The number of rotatable bonds is 1. The Morgan fingerprint density at radius 2 is 2.54 bits per heavy atom. The highest BCUT2D eigenvalue weighted by molar-refractivity contribution is 7.08. The summed E-state index contributed by atoms with van der Waals surface area (Å²) in [5.74, 6) is 0.115. The average Bonchev–Trinajstić information content (AvgIpc) is 2.72. The number of hydrogen-bond donors (Lipinski definition) is 0. The van der Waals surface area contributed by atoms with E-state index in [-0.39, 0.29) is 11.3 Å². The first-order valence-electron chi connectivity index (χ1n) is 4.23. The van der Waals surface area contributed by atoms with Crippen molar-refractivity contribution in [3.05, 3.63) is 22.4 Å². The first-order chi connectivity index (χ1) is 6.27. The van der Waals surface area contributed by atoms with Crippen LogP contribution in [0.3, 0.4) is 0 Å². The molecule has 1 aromatic heterocycles. The van der Waals surface area contributed by atoms with Gasteiger partial charge in [-0.05, 0) is 17.9 Å². The molecule has 2 rings (SSSR count). The molecule has 1 fully saturated rings. The maximum Gasteiger partial charge on any atom is 0.254 e. The van der Waals surface area contributed by atoms with Crippen LogP contribution < -0.4 is 0 Å². The van der Waals surface area contributed by atoms with Gasteiger partial charge in [-0.3, -0.25) is 4.79 Å². The molecule has 1 atom stereocenters. The molecule has 1 unspecified atom stereocenters. The van der Waals surface area contributed by atoms with Crippen molar-refractivity contribution in [1.29, 1.82) is 0 Å². The second-order valence-electron chi connectivity index (χ2n) is 3.15. The van der Waals surface area contributed by atoms with E-state index in [4.69, 9.17) is 11.6 Å². The topological polar surface area (TPSA) is 20.3 Å². The van der Waals surface area contributed by atoms with E-state index in [2.05, 4.69) is 0 Å². The number of amides is 1. The minimum atomic E-state index is 0.115. The predicted molar refractivity (Wildman–Crippen MR) is 54.5 cm³/mol. The number of thiophene rings is 1. The fourth-order valence-corrected chi connectivity index (χ4v) is 2.36. The van der Waals surface area contributed by atoms with Gasteiger partial charge in [-0.1, -0.05) is 0 Å². The summed E-state index contributed by atoms with van der Waals surface area (Å²) in [5, 5.41) is 3.94. The van der Waals surface area contributed by atoms with Gasteiger partial charge in [0.05, 0.1) is 10.9 Å². The molecule has 4 heteroatoms. The maximum absolute atomic E-state index is 11.7. The van der Waals surface area contributed by atoms with Gasteiger partial charge < -0.3 is 4.90 Å². The largest absolute Gasteiger partial charge is 0.337 e. The summed E-state index contributed by atoms with van der Waals surface area (Å²) in [4.78, 5) is 13.5. The lowest BCUT2D eigenvalue weighted by molar-refractivity contribution is 0.0793. The number of halogens is 1. The zero-order valence-electron chi connectivity index (χ0n) is 7.07. The van der Waals surface area contributed by atoms with Crippen LogP contribution in [0.15, 0.2) is 16.8 Å². The second-order valence-corrected chi connectivity index (χ2v) is 4.55. The second kappa shape index (κ2) is 3.68. The molecular formula is C9H10ClNOS. The van der Waals surface area contributed by atoms with Crippen molar-refractivity contribution in [3.8, 4) is 0 Å². The van der Waals surface area contributed by atoms with Gasteiger partial charge in [0.1, 0.15) is 0 Å². The number of likely N-dealkylation sites (tertiary alicyclic amines) is 1. The van der Waals surface area contributed by atoms with Gasteiger partial charge >= 0.3 is 0 Å². The highest BCUT2D eigenvalue weighted by atomic mass is 35.5. The fourth-order valence-electron chi connectivity index (χ4n) is 1.47. The van der Waals surface area contributed by atoms with Crippen LogP contribution in [0, 0.1) is 0 Å². The van der Waals surface area contributed by atoms with E-state index in [0.717, 1.165) is 18.5 Å². The average molecular weight is 216 g/mol. The summed E-state index contributed by atoms with van der Waals surface area (Å²) in [6.45, 7) is 1.49. The molecule has 13 heavy (non-hydrogen) atoms. The molecule has 1 saturated heterocycles. The van der Waals surface area contributed by atoms with E-state index >= 15 is 0 Å². The molecule has 1 amide bonds. The maximum atomic E-state index is 11.7. The van der Waals surface area contributed by atoms with Crippen molar-refractivity contribution in [3.63, 3.8) is 0 Å². The summed E-state index contributed by atoms with van der Waals surface area (Å²) in [5.41, 5.74) is 0.788. The normalized spacial score (nSPS) is 22.2. The Bertz CT molecular complexity index is 299. The van der Waals surface area contributed by atoms with Gasteiger partial charge in [0.15, 0.2) is 0 Å². The van der Waals surface area contributed by atoms with E-state index in [1.165, 1.54) is 0 Å². The Hall–Kier alpha value is -0.540. The van der Waals surface area contributed by atoms with Crippen LogP contribution in [0.4, 0.5) is 0 Å². The lowest BCUT2D eigenvalue weighted by Crippen LogP contribution is -2.28. The molecule has 1 aromatic rings. The van der Waals surface area contributed by atoms with Crippen molar-refractivity contribution in [2.45, 2.75) is 11.8 Å². The Morgan fingerprint density at radius 1 is 1.69 bits per heavy atom. The highest BCUT2D eigenvalue weighted by Crippen LogP contribution is 2.18. The van der Waals surface area contributed by atoms with Gasteiger partial charge in [-0.2, -0.15) is 11.3 Å². The van der Waals surface area contributed by atoms with Crippen LogP contribution in [0.25, 0.3) is 0 Å². The Labute approximate surface area is 86.1 Å². The molecule has 0 aromatic carbocycles. The molecule has 70 valence electrons.